The Bertz CT molecular complexity index is 627. The van der Waals surface area contributed by atoms with Gasteiger partial charge in [0.25, 0.3) is 0 Å². The molecule has 1 aromatic heterocycles. The Morgan fingerprint density at radius 3 is 2.76 bits per heavy atom. The molecule has 0 radical (unpaired) electrons. The first-order chi connectivity index (χ1) is 11.9. The zero-order valence-corrected chi connectivity index (χ0v) is 16.2. The van der Waals surface area contributed by atoms with E-state index in [0.717, 1.165) is 17.7 Å². The van der Waals surface area contributed by atoms with Crippen LogP contribution in [0, 0.1) is 5.92 Å². The predicted octanol–water partition coefficient (Wildman–Crippen LogP) is 2.98. The number of allylic oxidation sites excluding steroid dienone is 1. The van der Waals surface area contributed by atoms with Crippen molar-refractivity contribution in [2.75, 3.05) is 5.75 Å². The van der Waals surface area contributed by atoms with Crippen LogP contribution in [0.3, 0.4) is 0 Å². The highest BCUT2D eigenvalue weighted by Gasteiger charge is 2.40. The number of aromatic nitrogens is 1. The van der Waals surface area contributed by atoms with Crippen LogP contribution in [0.4, 0.5) is 0 Å². The Kier molecular flexibility index (Phi) is 7.05. The molecule has 2 amide bonds. The maximum Gasteiger partial charge on any atom is 0.248 e. The van der Waals surface area contributed by atoms with Crippen molar-refractivity contribution in [1.29, 1.82) is 0 Å². The molecular formula is C19H27N3O2S. The lowest BCUT2D eigenvalue weighted by molar-refractivity contribution is -0.136. The fraction of sp³-hybridized carbons (Fsp3) is 0.526. The molecule has 2 rings (SSSR count). The zero-order chi connectivity index (χ0) is 18.4. The Morgan fingerprint density at radius 2 is 2.16 bits per heavy atom. The van der Waals surface area contributed by atoms with Gasteiger partial charge in [-0.25, -0.2) is 0 Å². The van der Waals surface area contributed by atoms with E-state index in [9.17, 15) is 9.59 Å². The van der Waals surface area contributed by atoms with E-state index in [0.29, 0.717) is 18.2 Å². The number of hydrogen-bond donors (Lipinski definition) is 1. The molecule has 136 valence electrons. The summed E-state index contributed by atoms with van der Waals surface area (Å²) in [6, 6.07) is 5.18. The minimum Gasteiger partial charge on any atom is -0.349 e. The van der Waals surface area contributed by atoms with Gasteiger partial charge in [0, 0.05) is 18.0 Å². The highest BCUT2D eigenvalue weighted by atomic mass is 32.2. The van der Waals surface area contributed by atoms with Gasteiger partial charge in [0.05, 0.1) is 17.6 Å². The average molecular weight is 362 g/mol. The van der Waals surface area contributed by atoms with Gasteiger partial charge in [-0.2, -0.15) is 0 Å². The molecule has 1 N–H and O–H groups in total. The second kappa shape index (κ2) is 9.04. The number of amides is 2. The molecule has 0 spiro atoms. The van der Waals surface area contributed by atoms with Crippen LogP contribution in [0.2, 0.25) is 0 Å². The molecule has 0 aromatic carbocycles. The largest absolute Gasteiger partial charge is 0.349 e. The Morgan fingerprint density at radius 1 is 1.40 bits per heavy atom. The van der Waals surface area contributed by atoms with Crippen molar-refractivity contribution in [2.24, 2.45) is 5.92 Å². The van der Waals surface area contributed by atoms with Crippen molar-refractivity contribution in [2.45, 2.75) is 52.1 Å². The summed E-state index contributed by atoms with van der Waals surface area (Å²) >= 11 is 1.69. The third kappa shape index (κ3) is 5.59. The fourth-order valence-corrected chi connectivity index (χ4v) is 4.41. The lowest BCUT2D eigenvalue weighted by atomic mass is 10.1. The second-order valence-corrected chi connectivity index (χ2v) is 8.15. The van der Waals surface area contributed by atoms with Gasteiger partial charge < -0.3 is 10.2 Å². The maximum absolute atomic E-state index is 12.7. The molecule has 1 aliphatic heterocycles. The number of thioether (sulfide) groups is 1. The standard InChI is InChI=1S/C19H27N3O2S/c1-13(2)9-17(23)22-16(12-25-18(22)10-14(3)4)19(24)21-11-15-7-5-6-8-20-15/h5-9,14,16,18H,10-12H2,1-4H3,(H,21,24)/t16-,18+/m1/s1. The molecule has 0 unspecified atom stereocenters. The summed E-state index contributed by atoms with van der Waals surface area (Å²) in [5.41, 5.74) is 1.75. The highest BCUT2D eigenvalue weighted by Crippen LogP contribution is 2.33. The van der Waals surface area contributed by atoms with Gasteiger partial charge in [-0.05, 0) is 38.3 Å². The topological polar surface area (TPSA) is 62.3 Å². The lowest BCUT2D eigenvalue weighted by Crippen LogP contribution is -2.49. The van der Waals surface area contributed by atoms with Crippen LogP contribution in [0.1, 0.15) is 39.8 Å². The average Bonchev–Trinajstić information content (AvgIpc) is 2.96. The normalized spacial score (nSPS) is 19.8. The number of nitrogens with zero attached hydrogens (tertiary/aromatic N) is 2. The Labute approximate surface area is 154 Å². The summed E-state index contributed by atoms with van der Waals surface area (Å²) in [5, 5.41) is 2.97. The second-order valence-electron chi connectivity index (χ2n) is 6.94. The molecule has 1 fully saturated rings. The summed E-state index contributed by atoms with van der Waals surface area (Å²) in [4.78, 5) is 31.3. The van der Waals surface area contributed by atoms with E-state index < -0.39 is 6.04 Å². The lowest BCUT2D eigenvalue weighted by Gasteiger charge is -2.29. The van der Waals surface area contributed by atoms with E-state index in [1.54, 1.807) is 28.9 Å². The van der Waals surface area contributed by atoms with Crippen LogP contribution >= 0.6 is 11.8 Å². The molecule has 2 atom stereocenters. The minimum atomic E-state index is -0.430. The van der Waals surface area contributed by atoms with E-state index in [4.69, 9.17) is 0 Å². The van der Waals surface area contributed by atoms with Gasteiger partial charge in [-0.1, -0.05) is 25.5 Å². The molecule has 2 heterocycles. The van der Waals surface area contributed by atoms with Gasteiger partial charge in [0.15, 0.2) is 0 Å². The van der Waals surface area contributed by atoms with Gasteiger partial charge >= 0.3 is 0 Å². The number of nitrogens with one attached hydrogen (secondary N) is 1. The number of pyridine rings is 1. The van der Waals surface area contributed by atoms with E-state index >= 15 is 0 Å². The van der Waals surface area contributed by atoms with Crippen molar-refractivity contribution >= 4 is 23.6 Å². The van der Waals surface area contributed by atoms with Crippen LogP contribution in [-0.4, -0.2) is 38.9 Å². The summed E-state index contributed by atoms with van der Waals surface area (Å²) in [6.07, 6.45) is 4.21. The quantitative estimate of drug-likeness (QED) is 0.791. The third-order valence-electron chi connectivity index (χ3n) is 3.90. The molecule has 25 heavy (non-hydrogen) atoms. The molecule has 1 saturated heterocycles. The Balaban J connectivity index is 2.09. The number of carbonyl (C=O) groups is 2. The first-order valence-corrected chi connectivity index (χ1v) is 9.69. The molecule has 1 aliphatic rings. The van der Waals surface area contributed by atoms with Crippen molar-refractivity contribution in [3.8, 4) is 0 Å². The van der Waals surface area contributed by atoms with E-state index in [1.807, 2.05) is 32.0 Å². The molecule has 0 bridgehead atoms. The SMILES string of the molecule is CC(C)=CC(=O)N1[C@H](CC(C)C)SC[C@@H]1C(=O)NCc1ccccn1. The first-order valence-electron chi connectivity index (χ1n) is 8.65. The van der Waals surface area contributed by atoms with Crippen LogP contribution in [0.5, 0.6) is 0 Å². The van der Waals surface area contributed by atoms with Crippen LogP contribution in [0.15, 0.2) is 36.0 Å². The molecule has 0 aliphatic carbocycles. The van der Waals surface area contributed by atoms with E-state index in [-0.39, 0.29) is 17.2 Å². The summed E-state index contributed by atoms with van der Waals surface area (Å²) in [6.45, 7) is 8.45. The fourth-order valence-electron chi connectivity index (χ4n) is 2.77. The third-order valence-corrected chi connectivity index (χ3v) is 5.22. The van der Waals surface area contributed by atoms with Gasteiger partial charge in [-0.3, -0.25) is 14.6 Å². The van der Waals surface area contributed by atoms with Gasteiger partial charge in [0.2, 0.25) is 11.8 Å². The molecule has 1 aromatic rings. The number of rotatable bonds is 6. The molecule has 6 heteroatoms. The minimum absolute atomic E-state index is 0.0497. The van der Waals surface area contributed by atoms with Crippen LogP contribution < -0.4 is 5.32 Å². The summed E-state index contributed by atoms with van der Waals surface area (Å²) in [7, 11) is 0. The Hall–Kier alpha value is -1.82. The van der Waals surface area contributed by atoms with Crippen molar-refractivity contribution in [3.05, 3.63) is 41.7 Å². The molecular weight excluding hydrogens is 334 g/mol. The molecule has 5 nitrogen and oxygen atoms in total. The van der Waals surface area contributed by atoms with Gasteiger partial charge in [0.1, 0.15) is 6.04 Å². The first kappa shape index (κ1) is 19.5. The van der Waals surface area contributed by atoms with E-state index in [2.05, 4.69) is 24.1 Å². The number of carbonyl (C=O) groups excluding carboxylic acids is 2. The van der Waals surface area contributed by atoms with Gasteiger partial charge in [-0.15, -0.1) is 11.8 Å². The number of hydrogen-bond acceptors (Lipinski definition) is 4. The highest BCUT2D eigenvalue weighted by molar-refractivity contribution is 8.00. The van der Waals surface area contributed by atoms with Crippen molar-refractivity contribution in [3.63, 3.8) is 0 Å². The predicted molar refractivity (Wildman–Crippen MR) is 102 cm³/mol. The monoisotopic (exact) mass is 361 g/mol. The van der Waals surface area contributed by atoms with Crippen LogP contribution in [0.25, 0.3) is 0 Å². The summed E-state index contributed by atoms with van der Waals surface area (Å²) in [5.74, 6) is 0.914. The van der Waals surface area contributed by atoms with Crippen LogP contribution in [-0.2, 0) is 16.1 Å². The molecule has 0 saturated carbocycles. The van der Waals surface area contributed by atoms with E-state index in [1.165, 1.54) is 0 Å². The zero-order valence-electron chi connectivity index (χ0n) is 15.4. The van der Waals surface area contributed by atoms with Crippen molar-refractivity contribution in [1.82, 2.24) is 15.2 Å². The summed E-state index contributed by atoms with van der Waals surface area (Å²) < 4.78 is 0. The smallest absolute Gasteiger partial charge is 0.248 e. The maximum atomic E-state index is 12.7. The van der Waals surface area contributed by atoms with Crippen molar-refractivity contribution < 1.29 is 9.59 Å².